The van der Waals surface area contributed by atoms with Crippen LogP contribution in [0, 0.1) is 0 Å². The molecule has 0 heterocycles. The summed E-state index contributed by atoms with van der Waals surface area (Å²) >= 11 is 4.22. The number of hydrogen-bond acceptors (Lipinski definition) is 4. The lowest BCUT2D eigenvalue weighted by Crippen LogP contribution is -2.01. The molecule has 2 rings (SSSR count). The normalized spacial score (nSPS) is 10.0. The number of hydrogen-bond donors (Lipinski definition) is 1. The standard InChI is InChI=1S/C15H14O3S/c1-17-15(16)12-4-6-13(7-5-12)18-10-11-2-8-14(19)9-3-11/h2-9,19H,10H2,1H3. The summed E-state index contributed by atoms with van der Waals surface area (Å²) in [5.74, 6) is 0.360. The average molecular weight is 274 g/mol. The summed E-state index contributed by atoms with van der Waals surface area (Å²) in [5, 5.41) is 0. The van der Waals surface area contributed by atoms with E-state index in [9.17, 15) is 4.79 Å². The maximum Gasteiger partial charge on any atom is 0.337 e. The van der Waals surface area contributed by atoms with Crippen molar-refractivity contribution in [3.05, 3.63) is 59.7 Å². The van der Waals surface area contributed by atoms with Crippen LogP contribution in [0.15, 0.2) is 53.4 Å². The summed E-state index contributed by atoms with van der Waals surface area (Å²) in [6.07, 6.45) is 0. The first-order valence-electron chi connectivity index (χ1n) is 5.78. The Morgan fingerprint density at radius 3 is 2.26 bits per heavy atom. The van der Waals surface area contributed by atoms with Crippen molar-refractivity contribution in [1.29, 1.82) is 0 Å². The molecule has 0 aromatic heterocycles. The SMILES string of the molecule is COC(=O)c1ccc(OCc2ccc(S)cc2)cc1. The van der Waals surface area contributed by atoms with Crippen LogP contribution < -0.4 is 4.74 Å². The Bertz CT molecular complexity index is 547. The van der Waals surface area contributed by atoms with E-state index in [1.54, 1.807) is 24.3 Å². The molecule has 0 unspecified atom stereocenters. The molecule has 0 bridgehead atoms. The van der Waals surface area contributed by atoms with Crippen LogP contribution in [0.3, 0.4) is 0 Å². The second-order valence-corrected chi connectivity index (χ2v) is 4.49. The van der Waals surface area contributed by atoms with E-state index < -0.39 is 0 Å². The van der Waals surface area contributed by atoms with Gasteiger partial charge in [0.15, 0.2) is 0 Å². The summed E-state index contributed by atoms with van der Waals surface area (Å²) in [6.45, 7) is 0.478. The summed E-state index contributed by atoms with van der Waals surface area (Å²) in [7, 11) is 1.36. The van der Waals surface area contributed by atoms with Crippen LogP contribution in [0.5, 0.6) is 5.75 Å². The Morgan fingerprint density at radius 1 is 1.05 bits per heavy atom. The number of rotatable bonds is 4. The average Bonchev–Trinajstić information content (AvgIpc) is 2.46. The first-order chi connectivity index (χ1) is 9.19. The van der Waals surface area contributed by atoms with Crippen LogP contribution >= 0.6 is 12.6 Å². The predicted octanol–water partition coefficient (Wildman–Crippen LogP) is 3.34. The van der Waals surface area contributed by atoms with Crippen molar-refractivity contribution in [2.24, 2.45) is 0 Å². The van der Waals surface area contributed by atoms with Gasteiger partial charge in [-0.05, 0) is 42.0 Å². The van der Waals surface area contributed by atoms with E-state index in [1.165, 1.54) is 7.11 Å². The van der Waals surface area contributed by atoms with Gasteiger partial charge >= 0.3 is 5.97 Å². The molecule has 0 saturated heterocycles. The summed E-state index contributed by atoms with van der Waals surface area (Å²) in [4.78, 5) is 12.2. The van der Waals surface area contributed by atoms with Gasteiger partial charge in [0.05, 0.1) is 12.7 Å². The highest BCUT2D eigenvalue weighted by Gasteiger charge is 2.04. The lowest BCUT2D eigenvalue weighted by atomic mass is 10.2. The Morgan fingerprint density at radius 2 is 1.68 bits per heavy atom. The van der Waals surface area contributed by atoms with E-state index >= 15 is 0 Å². The minimum absolute atomic E-state index is 0.351. The molecular weight excluding hydrogens is 260 g/mol. The van der Waals surface area contributed by atoms with Crippen molar-refractivity contribution < 1.29 is 14.3 Å². The van der Waals surface area contributed by atoms with Gasteiger partial charge in [0.1, 0.15) is 12.4 Å². The molecule has 0 aliphatic rings. The zero-order valence-corrected chi connectivity index (χ0v) is 11.4. The minimum atomic E-state index is -0.351. The van der Waals surface area contributed by atoms with Crippen molar-refractivity contribution in [2.75, 3.05) is 7.11 Å². The number of carbonyl (C=O) groups is 1. The predicted molar refractivity (Wildman–Crippen MR) is 75.8 cm³/mol. The van der Waals surface area contributed by atoms with Gasteiger partial charge in [0.25, 0.3) is 0 Å². The van der Waals surface area contributed by atoms with Gasteiger partial charge in [0, 0.05) is 4.90 Å². The first kappa shape index (κ1) is 13.5. The molecule has 0 radical (unpaired) electrons. The first-order valence-corrected chi connectivity index (χ1v) is 6.23. The van der Waals surface area contributed by atoms with Gasteiger partial charge in [-0.2, -0.15) is 0 Å². The van der Waals surface area contributed by atoms with Gasteiger partial charge in [-0.15, -0.1) is 12.6 Å². The largest absolute Gasteiger partial charge is 0.489 e. The van der Waals surface area contributed by atoms with Crippen LogP contribution in [-0.4, -0.2) is 13.1 Å². The molecule has 4 heteroatoms. The van der Waals surface area contributed by atoms with E-state index in [0.29, 0.717) is 17.9 Å². The minimum Gasteiger partial charge on any atom is -0.489 e. The van der Waals surface area contributed by atoms with Crippen molar-refractivity contribution >= 4 is 18.6 Å². The molecule has 0 aliphatic heterocycles. The zero-order chi connectivity index (χ0) is 13.7. The molecule has 0 aliphatic carbocycles. The second kappa shape index (κ2) is 6.29. The molecule has 0 N–H and O–H groups in total. The second-order valence-electron chi connectivity index (χ2n) is 3.97. The topological polar surface area (TPSA) is 35.5 Å². The summed E-state index contributed by atoms with van der Waals surface area (Å²) < 4.78 is 10.3. The fourth-order valence-corrected chi connectivity index (χ4v) is 1.71. The molecule has 19 heavy (non-hydrogen) atoms. The van der Waals surface area contributed by atoms with E-state index in [-0.39, 0.29) is 5.97 Å². The van der Waals surface area contributed by atoms with Crippen LogP contribution in [0.4, 0.5) is 0 Å². The smallest absolute Gasteiger partial charge is 0.337 e. The van der Waals surface area contributed by atoms with Crippen molar-refractivity contribution in [3.63, 3.8) is 0 Å². The van der Waals surface area contributed by atoms with Gasteiger partial charge in [-0.1, -0.05) is 12.1 Å². The monoisotopic (exact) mass is 274 g/mol. The van der Waals surface area contributed by atoms with Gasteiger partial charge in [-0.25, -0.2) is 4.79 Å². The Labute approximate surface area is 117 Å². The third-order valence-electron chi connectivity index (χ3n) is 2.62. The van der Waals surface area contributed by atoms with Crippen molar-refractivity contribution in [1.82, 2.24) is 0 Å². The van der Waals surface area contributed by atoms with Gasteiger partial charge < -0.3 is 9.47 Å². The van der Waals surface area contributed by atoms with E-state index in [1.807, 2.05) is 24.3 Å². The number of esters is 1. The fraction of sp³-hybridized carbons (Fsp3) is 0.133. The van der Waals surface area contributed by atoms with Gasteiger partial charge in [-0.3, -0.25) is 0 Å². The number of benzene rings is 2. The maximum atomic E-state index is 11.3. The molecular formula is C15H14O3S. The van der Waals surface area contributed by atoms with E-state index in [2.05, 4.69) is 17.4 Å². The molecule has 98 valence electrons. The molecule has 2 aromatic rings. The van der Waals surface area contributed by atoms with Crippen LogP contribution in [-0.2, 0) is 11.3 Å². The third-order valence-corrected chi connectivity index (χ3v) is 2.92. The number of thiol groups is 1. The van der Waals surface area contributed by atoms with E-state index in [4.69, 9.17) is 4.74 Å². The molecule has 0 spiro atoms. The molecule has 3 nitrogen and oxygen atoms in total. The Kier molecular flexibility index (Phi) is 4.47. The van der Waals surface area contributed by atoms with Crippen molar-refractivity contribution in [2.45, 2.75) is 11.5 Å². The maximum absolute atomic E-state index is 11.3. The van der Waals surface area contributed by atoms with E-state index in [0.717, 1.165) is 10.5 Å². The molecule has 0 atom stereocenters. The van der Waals surface area contributed by atoms with Crippen LogP contribution in [0.1, 0.15) is 15.9 Å². The molecule has 0 fully saturated rings. The summed E-state index contributed by atoms with van der Waals surface area (Å²) in [6, 6.07) is 14.6. The number of ether oxygens (including phenoxy) is 2. The Hall–Kier alpha value is -1.94. The third kappa shape index (κ3) is 3.76. The fourth-order valence-electron chi connectivity index (χ4n) is 1.56. The Balaban J connectivity index is 1.96. The highest BCUT2D eigenvalue weighted by Crippen LogP contribution is 2.15. The molecule has 0 saturated carbocycles. The van der Waals surface area contributed by atoms with Gasteiger partial charge in [0.2, 0.25) is 0 Å². The van der Waals surface area contributed by atoms with Crippen molar-refractivity contribution in [3.8, 4) is 5.75 Å². The number of methoxy groups -OCH3 is 1. The quantitative estimate of drug-likeness (QED) is 0.686. The lowest BCUT2D eigenvalue weighted by Gasteiger charge is -2.07. The number of carbonyl (C=O) groups excluding carboxylic acids is 1. The zero-order valence-electron chi connectivity index (χ0n) is 10.5. The van der Waals surface area contributed by atoms with Crippen LogP contribution in [0.25, 0.3) is 0 Å². The molecule has 2 aromatic carbocycles. The summed E-state index contributed by atoms with van der Waals surface area (Å²) in [5.41, 5.74) is 1.57. The highest BCUT2D eigenvalue weighted by molar-refractivity contribution is 7.80. The van der Waals surface area contributed by atoms with Crippen LogP contribution in [0.2, 0.25) is 0 Å². The highest BCUT2D eigenvalue weighted by atomic mass is 32.1. The lowest BCUT2D eigenvalue weighted by molar-refractivity contribution is 0.0600. The molecule has 0 amide bonds.